The molecule has 1 aromatic heterocycles. The molecule has 0 aliphatic carbocycles. The van der Waals surface area contributed by atoms with E-state index in [1.807, 2.05) is 19.1 Å². The molecule has 0 saturated heterocycles. The maximum absolute atomic E-state index is 12.0. The number of aldehydes is 1. The third-order valence-electron chi connectivity index (χ3n) is 2.56. The van der Waals surface area contributed by atoms with Gasteiger partial charge in [0.25, 0.3) is 0 Å². The molecule has 0 atom stereocenters. The van der Waals surface area contributed by atoms with Crippen LogP contribution in [0.15, 0.2) is 27.5 Å². The first kappa shape index (κ1) is 12.0. The Morgan fingerprint density at radius 2 is 2.24 bits per heavy atom. The van der Waals surface area contributed by atoms with Gasteiger partial charge in [-0.05, 0) is 25.1 Å². The van der Waals surface area contributed by atoms with E-state index in [9.17, 15) is 9.59 Å². The van der Waals surface area contributed by atoms with Crippen LogP contribution < -0.4 is 5.43 Å². The Hall–Kier alpha value is -1.49. The molecular weight excluding hydrogens is 284 g/mol. The fourth-order valence-electron chi connectivity index (χ4n) is 1.76. The summed E-state index contributed by atoms with van der Waals surface area (Å²) >= 11 is 3.37. The predicted molar refractivity (Wildman–Crippen MR) is 69.1 cm³/mol. The van der Waals surface area contributed by atoms with Crippen LogP contribution in [0.1, 0.15) is 12.6 Å². The van der Waals surface area contributed by atoms with Crippen LogP contribution in [0.5, 0.6) is 0 Å². The van der Waals surface area contributed by atoms with Gasteiger partial charge in [0.15, 0.2) is 0 Å². The predicted octanol–water partition coefficient (Wildman–Crippen LogP) is 1.92. The van der Waals surface area contributed by atoms with Gasteiger partial charge in [-0.15, -0.1) is 0 Å². The second-order valence-corrected chi connectivity index (χ2v) is 4.54. The zero-order valence-electron chi connectivity index (χ0n) is 9.31. The topological polar surface area (TPSA) is 52.0 Å². The highest BCUT2D eigenvalue weighted by molar-refractivity contribution is 9.10. The zero-order valence-corrected chi connectivity index (χ0v) is 10.9. The number of rotatable bonds is 3. The van der Waals surface area contributed by atoms with Crippen LogP contribution in [0.4, 0.5) is 0 Å². The molecule has 5 heteroatoms. The van der Waals surface area contributed by atoms with E-state index in [-0.39, 0.29) is 11.8 Å². The van der Waals surface area contributed by atoms with Gasteiger partial charge in [0, 0.05) is 16.4 Å². The number of fused-ring (bicyclic) bond motifs is 1. The Balaban J connectivity index is 2.84. The highest BCUT2D eigenvalue weighted by atomic mass is 79.9. The second-order valence-electron chi connectivity index (χ2n) is 3.62. The van der Waals surface area contributed by atoms with Gasteiger partial charge >= 0.3 is 0 Å². The Bertz CT molecular complexity index is 634. The number of aromatic nitrogens is 2. The number of aryl methyl sites for hydroxylation is 1. The fourth-order valence-corrected chi connectivity index (χ4v) is 2.11. The van der Waals surface area contributed by atoms with Gasteiger partial charge in [0.05, 0.1) is 11.9 Å². The maximum Gasteiger partial charge on any atom is 0.211 e. The van der Waals surface area contributed by atoms with Crippen molar-refractivity contribution in [2.24, 2.45) is 0 Å². The van der Waals surface area contributed by atoms with E-state index in [0.717, 1.165) is 9.99 Å². The van der Waals surface area contributed by atoms with Crippen LogP contribution in [0, 0.1) is 0 Å². The monoisotopic (exact) mass is 294 g/mol. The van der Waals surface area contributed by atoms with Crippen LogP contribution in [-0.4, -0.2) is 16.1 Å². The highest BCUT2D eigenvalue weighted by Crippen LogP contribution is 2.17. The lowest BCUT2D eigenvalue weighted by atomic mass is 10.2. The van der Waals surface area contributed by atoms with Gasteiger partial charge in [0.1, 0.15) is 12.0 Å². The van der Waals surface area contributed by atoms with Crippen molar-refractivity contribution in [2.75, 3.05) is 0 Å². The summed E-state index contributed by atoms with van der Waals surface area (Å²) in [7, 11) is 0. The number of carbonyl (C=O) groups excluding carboxylic acids is 1. The Morgan fingerprint density at radius 1 is 1.47 bits per heavy atom. The van der Waals surface area contributed by atoms with Crippen molar-refractivity contribution in [2.45, 2.75) is 19.9 Å². The van der Waals surface area contributed by atoms with Crippen LogP contribution >= 0.6 is 15.9 Å². The van der Waals surface area contributed by atoms with Gasteiger partial charge in [-0.3, -0.25) is 9.48 Å². The van der Waals surface area contributed by atoms with E-state index in [0.29, 0.717) is 23.9 Å². The average molecular weight is 295 g/mol. The SMILES string of the molecule is CCn1nc(CC=O)c(=O)c2ccc(Br)cc21. The van der Waals surface area contributed by atoms with E-state index >= 15 is 0 Å². The van der Waals surface area contributed by atoms with Gasteiger partial charge in [-0.25, -0.2) is 0 Å². The summed E-state index contributed by atoms with van der Waals surface area (Å²) < 4.78 is 2.64. The smallest absolute Gasteiger partial charge is 0.211 e. The summed E-state index contributed by atoms with van der Waals surface area (Å²) in [5.41, 5.74) is 0.919. The third-order valence-corrected chi connectivity index (χ3v) is 3.06. The van der Waals surface area contributed by atoms with Crippen LogP contribution in [0.2, 0.25) is 0 Å². The number of hydrogen-bond donors (Lipinski definition) is 0. The fraction of sp³-hybridized carbons (Fsp3) is 0.250. The molecule has 88 valence electrons. The molecule has 0 amide bonds. The van der Waals surface area contributed by atoms with Crippen molar-refractivity contribution < 1.29 is 4.79 Å². The molecule has 0 saturated carbocycles. The first-order valence-electron chi connectivity index (χ1n) is 5.30. The van der Waals surface area contributed by atoms with Crippen molar-refractivity contribution in [3.63, 3.8) is 0 Å². The van der Waals surface area contributed by atoms with Crippen LogP contribution in [0.3, 0.4) is 0 Å². The van der Waals surface area contributed by atoms with Crippen molar-refractivity contribution >= 4 is 33.1 Å². The van der Waals surface area contributed by atoms with Gasteiger partial charge in [-0.2, -0.15) is 5.10 Å². The van der Waals surface area contributed by atoms with E-state index in [1.54, 1.807) is 10.7 Å². The summed E-state index contributed by atoms with van der Waals surface area (Å²) in [5, 5.41) is 4.80. The van der Waals surface area contributed by atoms with E-state index in [1.165, 1.54) is 0 Å². The molecular formula is C12H11BrN2O2. The minimum atomic E-state index is -0.163. The number of benzene rings is 1. The highest BCUT2D eigenvalue weighted by Gasteiger charge is 2.09. The first-order chi connectivity index (χ1) is 8.17. The molecule has 0 spiro atoms. The van der Waals surface area contributed by atoms with Crippen LogP contribution in [-0.2, 0) is 17.8 Å². The van der Waals surface area contributed by atoms with E-state index in [2.05, 4.69) is 21.0 Å². The quantitative estimate of drug-likeness (QED) is 0.813. The largest absolute Gasteiger partial charge is 0.303 e. The van der Waals surface area contributed by atoms with Crippen molar-refractivity contribution in [3.8, 4) is 0 Å². The molecule has 0 aliphatic rings. The van der Waals surface area contributed by atoms with Crippen molar-refractivity contribution in [1.82, 2.24) is 9.78 Å². The lowest BCUT2D eigenvalue weighted by Gasteiger charge is -2.09. The molecule has 0 fully saturated rings. The molecule has 0 unspecified atom stereocenters. The van der Waals surface area contributed by atoms with Crippen LogP contribution in [0.25, 0.3) is 10.9 Å². The zero-order chi connectivity index (χ0) is 12.4. The minimum absolute atomic E-state index is 0.0604. The third kappa shape index (κ3) is 2.15. The van der Waals surface area contributed by atoms with E-state index < -0.39 is 0 Å². The summed E-state index contributed by atoms with van der Waals surface area (Å²) in [6, 6.07) is 5.43. The summed E-state index contributed by atoms with van der Waals surface area (Å²) in [5.74, 6) is 0. The summed E-state index contributed by atoms with van der Waals surface area (Å²) in [6.07, 6.45) is 0.763. The molecule has 0 N–H and O–H groups in total. The standard InChI is InChI=1S/C12H11BrN2O2/c1-2-15-11-7-8(13)3-4-9(11)12(17)10(14-15)5-6-16/h3-4,6-7H,2,5H2,1H3. The normalized spacial score (nSPS) is 10.7. The number of nitrogens with zero attached hydrogens (tertiary/aromatic N) is 2. The molecule has 0 bridgehead atoms. The summed E-state index contributed by atoms with van der Waals surface area (Å²) in [6.45, 7) is 2.60. The Kier molecular flexibility index (Phi) is 3.38. The summed E-state index contributed by atoms with van der Waals surface area (Å²) in [4.78, 5) is 22.6. The van der Waals surface area contributed by atoms with Gasteiger partial charge < -0.3 is 4.79 Å². The van der Waals surface area contributed by atoms with Gasteiger partial charge in [0.2, 0.25) is 5.43 Å². The lowest BCUT2D eigenvalue weighted by Crippen LogP contribution is -2.19. The van der Waals surface area contributed by atoms with E-state index in [4.69, 9.17) is 0 Å². The number of carbonyl (C=O) groups is 1. The van der Waals surface area contributed by atoms with Crippen molar-refractivity contribution in [1.29, 1.82) is 0 Å². The Morgan fingerprint density at radius 3 is 2.88 bits per heavy atom. The molecule has 2 aromatic rings. The van der Waals surface area contributed by atoms with Crippen molar-refractivity contribution in [3.05, 3.63) is 38.6 Å². The first-order valence-corrected chi connectivity index (χ1v) is 6.09. The lowest BCUT2D eigenvalue weighted by molar-refractivity contribution is -0.107. The molecule has 2 rings (SSSR count). The molecule has 0 aliphatic heterocycles. The average Bonchev–Trinajstić information content (AvgIpc) is 2.33. The molecule has 0 radical (unpaired) electrons. The molecule has 1 heterocycles. The Labute approximate surface area is 106 Å². The minimum Gasteiger partial charge on any atom is -0.303 e. The molecule has 4 nitrogen and oxygen atoms in total. The number of halogens is 1. The molecule has 1 aromatic carbocycles. The molecule has 17 heavy (non-hydrogen) atoms. The number of hydrogen-bond acceptors (Lipinski definition) is 3. The van der Waals surface area contributed by atoms with Gasteiger partial charge in [-0.1, -0.05) is 15.9 Å². The maximum atomic E-state index is 12.0. The second kappa shape index (κ2) is 4.79.